The van der Waals surface area contributed by atoms with E-state index < -0.39 is 43.6 Å². The Morgan fingerprint density at radius 3 is 2.06 bits per heavy atom. The van der Waals surface area contributed by atoms with Crippen molar-refractivity contribution in [1.29, 1.82) is 0 Å². The lowest BCUT2D eigenvalue weighted by Gasteiger charge is -2.50. The van der Waals surface area contributed by atoms with E-state index in [0.717, 1.165) is 41.7 Å². The first kappa shape index (κ1) is 25.1. The van der Waals surface area contributed by atoms with Gasteiger partial charge in [0.1, 0.15) is 30.2 Å². The highest BCUT2D eigenvalue weighted by Gasteiger charge is 2.51. The van der Waals surface area contributed by atoms with Gasteiger partial charge in [0.25, 0.3) is 0 Å². The third-order valence-corrected chi connectivity index (χ3v) is 6.27. The van der Waals surface area contributed by atoms with E-state index in [9.17, 15) is 10.2 Å². The largest absolute Gasteiger partial charge is 0.494 e. The fraction of sp³-hybridized carbons (Fsp3) is 0.556. The summed E-state index contributed by atoms with van der Waals surface area (Å²) in [6, 6.07) is 15.5. The van der Waals surface area contributed by atoms with Crippen molar-refractivity contribution in [3.63, 3.8) is 0 Å². The van der Waals surface area contributed by atoms with Gasteiger partial charge < -0.3 is 33.9 Å². The zero-order valence-corrected chi connectivity index (χ0v) is 20.1. The lowest BCUT2D eigenvalue weighted by Crippen LogP contribution is -2.61. The second-order valence-electron chi connectivity index (χ2n) is 9.01. The molecular weight excluding hydrogens is 436 g/mol. The number of hydrogen-bond acceptors (Lipinski definition) is 7. The van der Waals surface area contributed by atoms with Crippen LogP contribution in [0.15, 0.2) is 48.5 Å². The summed E-state index contributed by atoms with van der Waals surface area (Å²) in [6.07, 6.45) is -1.92. The molecule has 0 saturated carbocycles. The van der Waals surface area contributed by atoms with Crippen LogP contribution in [0.5, 0.6) is 5.75 Å². The third-order valence-electron chi connectivity index (χ3n) is 6.27. The molecular formula is C27H36O7. The lowest BCUT2D eigenvalue weighted by atomic mass is 9.93. The molecule has 0 amide bonds. The molecule has 2 aliphatic rings. The average molecular weight is 473 g/mol. The van der Waals surface area contributed by atoms with E-state index in [2.05, 4.69) is 13.8 Å². The highest BCUT2D eigenvalue weighted by atomic mass is 16.8. The van der Waals surface area contributed by atoms with Crippen LogP contribution in [-0.2, 0) is 18.9 Å². The first-order valence-electron chi connectivity index (χ1n) is 12.2. The number of benzene rings is 2. The summed E-state index contributed by atoms with van der Waals surface area (Å²) in [5.41, 5.74) is 2.83. The van der Waals surface area contributed by atoms with Crippen molar-refractivity contribution < 1.29 is 33.9 Å². The van der Waals surface area contributed by atoms with Crippen molar-refractivity contribution in [3.8, 4) is 5.75 Å². The van der Waals surface area contributed by atoms with Crippen molar-refractivity contribution in [2.24, 2.45) is 0 Å². The minimum atomic E-state index is -1.12. The number of ether oxygens (including phenoxy) is 5. The van der Waals surface area contributed by atoms with Crippen LogP contribution in [-0.4, -0.2) is 53.9 Å². The molecule has 2 N–H and O–H groups in total. The SMILES string of the molecule is CCCOc1ccc(C2OC(CCC)C3OC(c4ccc(C)cc4)OC(C(O)CO)C3O2)cc1. The van der Waals surface area contributed by atoms with Gasteiger partial charge in [0, 0.05) is 11.1 Å². The number of rotatable bonds is 9. The van der Waals surface area contributed by atoms with Crippen molar-refractivity contribution in [2.75, 3.05) is 13.2 Å². The van der Waals surface area contributed by atoms with E-state index >= 15 is 0 Å². The molecule has 7 heteroatoms. The Balaban J connectivity index is 1.59. The molecule has 2 aliphatic heterocycles. The molecule has 0 spiro atoms. The Labute approximate surface area is 201 Å². The Kier molecular flexibility index (Phi) is 8.58. The maximum Gasteiger partial charge on any atom is 0.184 e. The Morgan fingerprint density at radius 1 is 0.824 bits per heavy atom. The quantitative estimate of drug-likeness (QED) is 0.566. The van der Waals surface area contributed by atoms with Crippen LogP contribution in [0.2, 0.25) is 0 Å². The summed E-state index contributed by atoms with van der Waals surface area (Å²) in [7, 11) is 0. The average Bonchev–Trinajstić information content (AvgIpc) is 2.87. The highest BCUT2D eigenvalue weighted by Crippen LogP contribution is 2.42. The summed E-state index contributed by atoms with van der Waals surface area (Å²) in [6.45, 7) is 6.40. The zero-order valence-electron chi connectivity index (χ0n) is 20.1. The maximum absolute atomic E-state index is 10.7. The molecule has 7 nitrogen and oxygen atoms in total. The minimum absolute atomic E-state index is 0.255. The second-order valence-corrected chi connectivity index (χ2v) is 9.01. The first-order valence-corrected chi connectivity index (χ1v) is 12.2. The number of fused-ring (bicyclic) bond motifs is 1. The molecule has 0 bridgehead atoms. The summed E-state index contributed by atoms with van der Waals surface area (Å²) in [5, 5.41) is 20.4. The maximum atomic E-state index is 10.7. The molecule has 0 aromatic heterocycles. The van der Waals surface area contributed by atoms with Crippen LogP contribution < -0.4 is 4.74 Å². The van der Waals surface area contributed by atoms with Gasteiger partial charge in [-0.1, -0.05) is 62.2 Å². The van der Waals surface area contributed by atoms with Crippen LogP contribution in [0.25, 0.3) is 0 Å². The Morgan fingerprint density at radius 2 is 1.44 bits per heavy atom. The fourth-order valence-electron chi connectivity index (χ4n) is 4.43. The topological polar surface area (TPSA) is 86.6 Å². The number of hydrogen-bond donors (Lipinski definition) is 2. The van der Waals surface area contributed by atoms with Gasteiger partial charge in [-0.3, -0.25) is 0 Å². The van der Waals surface area contributed by atoms with E-state index in [1.807, 2.05) is 55.5 Å². The lowest BCUT2D eigenvalue weighted by molar-refractivity contribution is -0.391. The van der Waals surface area contributed by atoms with Gasteiger partial charge in [-0.05, 0) is 31.9 Å². The molecule has 4 rings (SSSR count). The zero-order chi connectivity index (χ0) is 24.1. The van der Waals surface area contributed by atoms with Crippen LogP contribution >= 0.6 is 0 Å². The molecule has 7 unspecified atom stereocenters. The Hall–Kier alpha value is -2.00. The second kappa shape index (κ2) is 11.6. The molecule has 2 saturated heterocycles. The van der Waals surface area contributed by atoms with Gasteiger partial charge in [-0.2, -0.15) is 0 Å². The van der Waals surface area contributed by atoms with E-state index in [4.69, 9.17) is 23.7 Å². The van der Waals surface area contributed by atoms with Crippen LogP contribution in [0.1, 0.15) is 62.4 Å². The molecule has 2 fully saturated rings. The predicted octanol–water partition coefficient (Wildman–Crippen LogP) is 4.20. The van der Waals surface area contributed by atoms with Crippen molar-refractivity contribution in [2.45, 2.75) is 83.1 Å². The van der Waals surface area contributed by atoms with Gasteiger partial charge in [0.05, 0.1) is 19.3 Å². The molecule has 0 radical (unpaired) electrons. The van der Waals surface area contributed by atoms with E-state index in [0.29, 0.717) is 6.61 Å². The van der Waals surface area contributed by atoms with Gasteiger partial charge in [0.2, 0.25) is 0 Å². The molecule has 186 valence electrons. The summed E-state index contributed by atoms with van der Waals surface area (Å²) >= 11 is 0. The number of aliphatic hydroxyl groups excluding tert-OH is 2. The van der Waals surface area contributed by atoms with Crippen molar-refractivity contribution in [3.05, 3.63) is 65.2 Å². The van der Waals surface area contributed by atoms with Crippen LogP contribution in [0, 0.1) is 6.92 Å². The van der Waals surface area contributed by atoms with Crippen molar-refractivity contribution in [1.82, 2.24) is 0 Å². The predicted molar refractivity (Wildman–Crippen MR) is 126 cm³/mol. The van der Waals surface area contributed by atoms with Gasteiger partial charge in [-0.25, -0.2) is 0 Å². The normalized spacial score (nSPS) is 29.9. The van der Waals surface area contributed by atoms with Gasteiger partial charge in [0.15, 0.2) is 12.6 Å². The van der Waals surface area contributed by atoms with Gasteiger partial charge in [-0.15, -0.1) is 0 Å². The van der Waals surface area contributed by atoms with Crippen LogP contribution in [0.3, 0.4) is 0 Å². The molecule has 2 aromatic rings. The minimum Gasteiger partial charge on any atom is -0.494 e. The van der Waals surface area contributed by atoms with Gasteiger partial charge >= 0.3 is 0 Å². The molecule has 0 aliphatic carbocycles. The molecule has 2 aromatic carbocycles. The third kappa shape index (κ3) is 5.62. The smallest absolute Gasteiger partial charge is 0.184 e. The van der Waals surface area contributed by atoms with Crippen LogP contribution in [0.4, 0.5) is 0 Å². The van der Waals surface area contributed by atoms with Crippen molar-refractivity contribution >= 4 is 0 Å². The number of aryl methyl sites for hydroxylation is 1. The fourth-order valence-corrected chi connectivity index (χ4v) is 4.43. The number of aliphatic hydroxyl groups is 2. The van der Waals surface area contributed by atoms with E-state index in [1.54, 1.807) is 0 Å². The molecule has 2 heterocycles. The monoisotopic (exact) mass is 472 g/mol. The van der Waals surface area contributed by atoms with E-state index in [-0.39, 0.29) is 6.10 Å². The summed E-state index contributed by atoms with van der Waals surface area (Å²) < 4.78 is 30.9. The Bertz CT molecular complexity index is 885. The highest BCUT2D eigenvalue weighted by molar-refractivity contribution is 5.28. The van der Waals surface area contributed by atoms with E-state index in [1.165, 1.54) is 0 Å². The molecule has 34 heavy (non-hydrogen) atoms. The summed E-state index contributed by atoms with van der Waals surface area (Å²) in [5.74, 6) is 0.795. The first-order chi connectivity index (χ1) is 16.5. The standard InChI is InChI=1S/C27H36O7/c1-4-6-22-24-25(34-26(31-22)19-11-13-20(14-12-19)30-15-5-2)23(21(29)16-28)32-27(33-24)18-9-7-17(3)8-10-18/h7-14,21-29H,4-6,15-16H2,1-3H3. The summed E-state index contributed by atoms with van der Waals surface area (Å²) in [4.78, 5) is 0. The molecule has 7 atom stereocenters.